The number of benzene rings is 1. The lowest BCUT2D eigenvalue weighted by Crippen LogP contribution is -2.18. The fourth-order valence-corrected chi connectivity index (χ4v) is 2.90. The van der Waals surface area contributed by atoms with Crippen molar-refractivity contribution in [2.75, 3.05) is 5.12 Å². The van der Waals surface area contributed by atoms with Crippen LogP contribution in [-0.4, -0.2) is 30.8 Å². The van der Waals surface area contributed by atoms with Gasteiger partial charge in [-0.15, -0.1) is 5.12 Å². The number of hydrogen-bond acceptors (Lipinski definition) is 4. The second-order valence-corrected chi connectivity index (χ2v) is 6.16. The number of carboxylic acid groups (broad SMARTS) is 1. The third kappa shape index (κ3) is 3.52. The summed E-state index contributed by atoms with van der Waals surface area (Å²) in [5, 5.41) is 12.5. The largest absolute Gasteiger partial charge is 0.463 e. The van der Waals surface area contributed by atoms with Crippen molar-refractivity contribution < 1.29 is 27.6 Å². The Hall–Kier alpha value is -4.02. The molecule has 30 heavy (non-hydrogen) atoms. The van der Waals surface area contributed by atoms with E-state index in [1.165, 1.54) is 53.2 Å². The van der Waals surface area contributed by atoms with Crippen LogP contribution in [0, 0.1) is 0 Å². The fourth-order valence-electron chi connectivity index (χ4n) is 2.90. The Bertz CT molecular complexity index is 1260. The van der Waals surface area contributed by atoms with Gasteiger partial charge in [-0.3, -0.25) is 4.98 Å². The number of carbonyl (C=O) groups is 1. The molecule has 3 aromatic heterocycles. The van der Waals surface area contributed by atoms with Gasteiger partial charge in [0.2, 0.25) is 0 Å². The highest BCUT2D eigenvalue weighted by molar-refractivity contribution is 5.84. The Morgan fingerprint density at radius 1 is 1.07 bits per heavy atom. The molecule has 0 spiro atoms. The average molecular weight is 417 g/mol. The molecule has 0 saturated carbocycles. The molecule has 0 atom stereocenters. The van der Waals surface area contributed by atoms with E-state index in [9.17, 15) is 22.4 Å². The summed E-state index contributed by atoms with van der Waals surface area (Å²) in [7, 11) is 0. The number of halogens is 4. The molecular weight excluding hydrogens is 406 g/mol. The number of pyridine rings is 1. The lowest BCUT2D eigenvalue weighted by Gasteiger charge is -2.10. The molecule has 0 radical (unpaired) electrons. The molecule has 4 aromatic rings. The van der Waals surface area contributed by atoms with Gasteiger partial charge in [0.15, 0.2) is 11.3 Å². The predicted molar refractivity (Wildman–Crippen MR) is 98.3 cm³/mol. The van der Waals surface area contributed by atoms with Crippen molar-refractivity contribution in [1.82, 2.24) is 19.6 Å². The topological polar surface area (TPSA) is 83.6 Å². The second-order valence-electron chi connectivity index (χ2n) is 6.16. The summed E-state index contributed by atoms with van der Waals surface area (Å²) in [5.41, 5.74) is -0.326. The number of nitrogens with zero attached hydrogens (tertiary/aromatic N) is 5. The van der Waals surface area contributed by atoms with Crippen molar-refractivity contribution >= 4 is 17.4 Å². The van der Waals surface area contributed by atoms with Crippen LogP contribution in [0.5, 0.6) is 0 Å². The molecule has 0 aliphatic rings. The zero-order chi connectivity index (χ0) is 21.5. The zero-order valence-corrected chi connectivity index (χ0v) is 14.9. The van der Waals surface area contributed by atoms with E-state index < -0.39 is 23.1 Å². The molecule has 4 rings (SSSR count). The van der Waals surface area contributed by atoms with E-state index in [0.717, 1.165) is 6.20 Å². The van der Waals surface area contributed by atoms with Crippen LogP contribution in [0.25, 0.3) is 28.2 Å². The molecule has 1 N–H and O–H groups in total. The van der Waals surface area contributed by atoms with E-state index in [0.29, 0.717) is 16.9 Å². The van der Waals surface area contributed by atoms with Gasteiger partial charge >= 0.3 is 12.3 Å². The molecule has 0 fully saturated rings. The van der Waals surface area contributed by atoms with Crippen LogP contribution in [0.15, 0.2) is 60.9 Å². The first-order chi connectivity index (χ1) is 14.2. The number of aromatic nitrogens is 4. The van der Waals surface area contributed by atoms with E-state index in [1.54, 1.807) is 6.07 Å². The molecule has 0 aliphatic heterocycles. The molecule has 3 heterocycles. The van der Waals surface area contributed by atoms with Crippen LogP contribution in [0.2, 0.25) is 0 Å². The Kier molecular flexibility index (Phi) is 4.57. The predicted octanol–water partition coefficient (Wildman–Crippen LogP) is 4.85. The minimum atomic E-state index is -4.64. The van der Waals surface area contributed by atoms with Crippen molar-refractivity contribution in [1.29, 1.82) is 0 Å². The van der Waals surface area contributed by atoms with Crippen LogP contribution in [0.3, 0.4) is 0 Å². The zero-order valence-electron chi connectivity index (χ0n) is 14.9. The highest BCUT2D eigenvalue weighted by Gasteiger charge is 2.35. The van der Waals surface area contributed by atoms with Gasteiger partial charge in [-0.2, -0.15) is 18.3 Å². The molecule has 0 aliphatic carbocycles. The van der Waals surface area contributed by atoms with E-state index in [-0.39, 0.29) is 16.9 Å². The fraction of sp³-hybridized carbons (Fsp3) is 0.0526. The molecule has 1 aromatic carbocycles. The Morgan fingerprint density at radius 2 is 1.87 bits per heavy atom. The quantitative estimate of drug-likeness (QED) is 0.381. The first-order valence-corrected chi connectivity index (χ1v) is 8.42. The van der Waals surface area contributed by atoms with E-state index in [4.69, 9.17) is 5.11 Å². The van der Waals surface area contributed by atoms with E-state index in [2.05, 4.69) is 15.1 Å². The van der Waals surface area contributed by atoms with Crippen molar-refractivity contribution in [2.24, 2.45) is 0 Å². The monoisotopic (exact) mass is 417 g/mol. The molecule has 0 bridgehead atoms. The molecule has 0 saturated heterocycles. The number of alkyl halides is 3. The summed E-state index contributed by atoms with van der Waals surface area (Å²) >= 11 is 0. The number of amides is 1. The normalized spacial score (nSPS) is 11.6. The van der Waals surface area contributed by atoms with Gasteiger partial charge in [0, 0.05) is 17.3 Å². The molecule has 1 amide bonds. The first kappa shape index (κ1) is 19.3. The van der Waals surface area contributed by atoms with Crippen LogP contribution in [0.4, 0.5) is 28.1 Å². The highest BCUT2D eigenvalue weighted by Crippen LogP contribution is 2.34. The minimum Gasteiger partial charge on any atom is -0.463 e. The Labute approximate surface area is 165 Å². The second kappa shape index (κ2) is 7.10. The SMILES string of the molecule is O=C(O)N(F)c1cccc(-c2cn3nc(-c4cccnc4C(F)(F)F)ccc3n2)c1. The molecule has 7 nitrogen and oxygen atoms in total. The third-order valence-electron chi connectivity index (χ3n) is 4.21. The number of anilines is 1. The van der Waals surface area contributed by atoms with Gasteiger partial charge < -0.3 is 5.11 Å². The summed E-state index contributed by atoms with van der Waals surface area (Å²) in [5.74, 6) is 0. The lowest BCUT2D eigenvalue weighted by atomic mass is 10.1. The summed E-state index contributed by atoms with van der Waals surface area (Å²) in [6, 6.07) is 11.1. The summed E-state index contributed by atoms with van der Waals surface area (Å²) in [6.45, 7) is 0. The number of hydrogen-bond donors (Lipinski definition) is 1. The summed E-state index contributed by atoms with van der Waals surface area (Å²) in [6.07, 6.45) is -3.91. The van der Waals surface area contributed by atoms with Crippen LogP contribution in [0.1, 0.15) is 5.69 Å². The van der Waals surface area contributed by atoms with Crippen LogP contribution >= 0.6 is 0 Å². The van der Waals surface area contributed by atoms with Crippen molar-refractivity contribution in [3.8, 4) is 22.5 Å². The number of imidazole rings is 1. The number of fused-ring (bicyclic) bond motifs is 1. The van der Waals surface area contributed by atoms with E-state index >= 15 is 0 Å². The maximum Gasteiger partial charge on any atom is 0.440 e. The molecular formula is C19H11F4N5O2. The van der Waals surface area contributed by atoms with Gasteiger partial charge in [0.1, 0.15) is 0 Å². The molecule has 11 heteroatoms. The van der Waals surface area contributed by atoms with Crippen LogP contribution < -0.4 is 5.12 Å². The van der Waals surface area contributed by atoms with Gasteiger partial charge in [-0.05, 0) is 36.4 Å². The average Bonchev–Trinajstić information content (AvgIpc) is 3.16. The maximum atomic E-state index is 13.6. The van der Waals surface area contributed by atoms with Gasteiger partial charge in [-0.1, -0.05) is 16.6 Å². The lowest BCUT2D eigenvalue weighted by molar-refractivity contribution is -0.140. The standard InChI is InChI=1S/C19H11F4N5O2/c20-19(21,22)17-13(5-2-8-24-17)14-6-7-16-25-15(10-27(16)26-14)11-3-1-4-12(9-11)28(23)18(29)30/h1-10H,(H,29,30). The molecule has 152 valence electrons. The minimum absolute atomic E-state index is 0.0430. The van der Waals surface area contributed by atoms with Crippen molar-refractivity contribution in [3.63, 3.8) is 0 Å². The van der Waals surface area contributed by atoms with Gasteiger partial charge in [0.25, 0.3) is 0 Å². The first-order valence-electron chi connectivity index (χ1n) is 8.42. The smallest absolute Gasteiger partial charge is 0.440 e. The summed E-state index contributed by atoms with van der Waals surface area (Å²) in [4.78, 5) is 18.5. The third-order valence-corrected chi connectivity index (χ3v) is 4.21. The van der Waals surface area contributed by atoms with Gasteiger partial charge in [-0.25, -0.2) is 14.3 Å². The highest BCUT2D eigenvalue weighted by atomic mass is 19.4. The van der Waals surface area contributed by atoms with Crippen molar-refractivity contribution in [2.45, 2.75) is 6.18 Å². The molecule has 0 unspecified atom stereocenters. The van der Waals surface area contributed by atoms with E-state index in [1.807, 2.05) is 0 Å². The van der Waals surface area contributed by atoms with Crippen LogP contribution in [-0.2, 0) is 6.18 Å². The van der Waals surface area contributed by atoms with Crippen molar-refractivity contribution in [3.05, 3.63) is 66.6 Å². The Balaban J connectivity index is 1.77. The maximum absolute atomic E-state index is 13.6. The summed E-state index contributed by atoms with van der Waals surface area (Å²) < 4.78 is 54.7. The Morgan fingerprint density at radius 3 is 2.60 bits per heavy atom. The van der Waals surface area contributed by atoms with Gasteiger partial charge in [0.05, 0.1) is 23.3 Å². The number of rotatable bonds is 3.